The molecule has 0 aliphatic carbocycles. The number of carboxylic acids is 1. The molecule has 0 saturated heterocycles. The van der Waals surface area contributed by atoms with E-state index in [0.717, 1.165) is 18.2 Å². The van der Waals surface area contributed by atoms with Gasteiger partial charge in [-0.15, -0.1) is 0 Å². The lowest BCUT2D eigenvalue weighted by molar-refractivity contribution is 0.0690. The molecule has 2 rings (SSSR count). The number of rotatable bonds is 3. The molecule has 6 nitrogen and oxygen atoms in total. The van der Waals surface area contributed by atoms with Crippen molar-refractivity contribution in [2.24, 2.45) is 0 Å². The maximum Gasteiger partial charge on any atom is 0.354 e. The van der Waals surface area contributed by atoms with Crippen LogP contribution >= 0.6 is 0 Å². The summed E-state index contributed by atoms with van der Waals surface area (Å²) in [4.78, 5) is 26.3. The number of carbonyl (C=O) groups excluding carboxylic acids is 1. The van der Waals surface area contributed by atoms with Crippen LogP contribution in [0.3, 0.4) is 0 Å². The van der Waals surface area contributed by atoms with Gasteiger partial charge < -0.3 is 15.5 Å². The molecule has 0 spiro atoms. The van der Waals surface area contributed by atoms with Gasteiger partial charge in [-0.3, -0.25) is 4.79 Å². The van der Waals surface area contributed by atoms with Crippen molar-refractivity contribution in [1.82, 2.24) is 4.98 Å². The van der Waals surface area contributed by atoms with Crippen LogP contribution in [0.4, 0.5) is 10.2 Å². The third kappa shape index (κ3) is 2.89. The Morgan fingerprint density at radius 3 is 2.60 bits per heavy atom. The third-order valence-electron chi connectivity index (χ3n) is 2.41. The van der Waals surface area contributed by atoms with E-state index < -0.39 is 23.4 Å². The second-order valence-corrected chi connectivity index (χ2v) is 3.83. The Kier molecular flexibility index (Phi) is 3.60. The number of halogens is 1. The number of phenols is 1. The number of aromatic nitrogens is 1. The molecule has 20 heavy (non-hydrogen) atoms. The Bertz CT molecular complexity index is 688. The minimum Gasteiger partial charge on any atom is -0.507 e. The molecular formula is C13H9FN2O4. The molecule has 0 aliphatic rings. The average molecular weight is 276 g/mol. The highest BCUT2D eigenvalue weighted by Gasteiger charge is 2.13. The van der Waals surface area contributed by atoms with Gasteiger partial charge in [0.05, 0.1) is 5.56 Å². The van der Waals surface area contributed by atoms with Crippen LogP contribution < -0.4 is 5.32 Å². The summed E-state index contributed by atoms with van der Waals surface area (Å²) in [5.41, 5.74) is -0.375. The molecule has 1 aromatic carbocycles. The van der Waals surface area contributed by atoms with E-state index in [9.17, 15) is 19.1 Å². The zero-order valence-corrected chi connectivity index (χ0v) is 10.0. The first kappa shape index (κ1) is 13.5. The first-order valence-electron chi connectivity index (χ1n) is 5.47. The topological polar surface area (TPSA) is 99.5 Å². The van der Waals surface area contributed by atoms with Crippen molar-refractivity contribution in [3.63, 3.8) is 0 Å². The summed E-state index contributed by atoms with van der Waals surface area (Å²) < 4.78 is 12.8. The molecule has 2 aromatic rings. The van der Waals surface area contributed by atoms with Gasteiger partial charge in [-0.1, -0.05) is 6.07 Å². The van der Waals surface area contributed by atoms with E-state index in [1.54, 1.807) is 0 Å². The fourth-order valence-corrected chi connectivity index (χ4v) is 1.50. The van der Waals surface area contributed by atoms with Gasteiger partial charge in [0.2, 0.25) is 0 Å². The quantitative estimate of drug-likeness (QED) is 0.794. The summed E-state index contributed by atoms with van der Waals surface area (Å²) in [7, 11) is 0. The van der Waals surface area contributed by atoms with Crippen LogP contribution in [-0.4, -0.2) is 27.1 Å². The zero-order valence-electron chi connectivity index (χ0n) is 10.0. The smallest absolute Gasteiger partial charge is 0.354 e. The molecule has 0 atom stereocenters. The van der Waals surface area contributed by atoms with E-state index in [0.29, 0.717) is 0 Å². The van der Waals surface area contributed by atoms with Gasteiger partial charge in [0.25, 0.3) is 5.91 Å². The molecule has 1 heterocycles. The molecule has 7 heteroatoms. The highest BCUT2D eigenvalue weighted by molar-refractivity contribution is 6.05. The van der Waals surface area contributed by atoms with Gasteiger partial charge in [0.15, 0.2) is 5.69 Å². The van der Waals surface area contributed by atoms with Gasteiger partial charge in [0, 0.05) is 6.07 Å². The molecule has 3 N–H and O–H groups in total. The molecule has 1 aromatic heterocycles. The highest BCUT2D eigenvalue weighted by Crippen LogP contribution is 2.19. The summed E-state index contributed by atoms with van der Waals surface area (Å²) in [6.45, 7) is 0. The number of hydrogen-bond acceptors (Lipinski definition) is 4. The van der Waals surface area contributed by atoms with Crippen LogP contribution in [0.2, 0.25) is 0 Å². The van der Waals surface area contributed by atoms with Crippen LogP contribution in [0, 0.1) is 5.82 Å². The largest absolute Gasteiger partial charge is 0.507 e. The number of carboxylic acid groups (broad SMARTS) is 1. The van der Waals surface area contributed by atoms with Crippen LogP contribution in [0.1, 0.15) is 20.8 Å². The van der Waals surface area contributed by atoms with E-state index >= 15 is 0 Å². The lowest BCUT2D eigenvalue weighted by Gasteiger charge is -2.06. The number of nitrogens with zero attached hydrogens (tertiary/aromatic N) is 1. The van der Waals surface area contributed by atoms with Gasteiger partial charge in [-0.2, -0.15) is 0 Å². The Morgan fingerprint density at radius 2 is 1.95 bits per heavy atom. The number of anilines is 1. The predicted molar refractivity (Wildman–Crippen MR) is 67.2 cm³/mol. The van der Waals surface area contributed by atoms with E-state index in [1.807, 2.05) is 0 Å². The van der Waals surface area contributed by atoms with Crippen LogP contribution in [0.15, 0.2) is 36.4 Å². The third-order valence-corrected chi connectivity index (χ3v) is 2.41. The minimum absolute atomic E-state index is 0.0126. The number of hydrogen-bond donors (Lipinski definition) is 3. The van der Waals surface area contributed by atoms with Crippen molar-refractivity contribution in [1.29, 1.82) is 0 Å². The van der Waals surface area contributed by atoms with Crippen molar-refractivity contribution in [2.75, 3.05) is 5.32 Å². The molecule has 0 fully saturated rings. The molecule has 0 aliphatic heterocycles. The number of nitrogens with one attached hydrogen (secondary N) is 1. The molecule has 1 amide bonds. The van der Waals surface area contributed by atoms with Crippen molar-refractivity contribution >= 4 is 17.7 Å². The Hall–Kier alpha value is -2.96. The number of amides is 1. The standard InChI is InChI=1S/C13H9FN2O4/c14-7-4-5-8(10(17)6-7)12(18)16-11-3-1-2-9(15-11)13(19)20/h1-6,17H,(H,19,20)(H,15,16,18). The summed E-state index contributed by atoms with van der Waals surface area (Å²) in [6, 6.07) is 7.02. The monoisotopic (exact) mass is 276 g/mol. The second kappa shape index (κ2) is 5.35. The van der Waals surface area contributed by atoms with Gasteiger partial charge in [-0.05, 0) is 24.3 Å². The van der Waals surface area contributed by atoms with Crippen molar-refractivity contribution in [3.05, 3.63) is 53.5 Å². The summed E-state index contributed by atoms with van der Waals surface area (Å²) in [5.74, 6) is -3.14. The second-order valence-electron chi connectivity index (χ2n) is 3.83. The highest BCUT2D eigenvalue weighted by atomic mass is 19.1. The molecular weight excluding hydrogens is 267 g/mol. The summed E-state index contributed by atoms with van der Waals surface area (Å²) in [6.07, 6.45) is 0. The molecule has 0 radical (unpaired) electrons. The first-order chi connectivity index (χ1) is 9.47. The Balaban J connectivity index is 2.23. The molecule has 102 valence electrons. The molecule has 0 bridgehead atoms. The zero-order chi connectivity index (χ0) is 14.7. The number of carbonyl (C=O) groups is 2. The molecule has 0 unspecified atom stereocenters. The Morgan fingerprint density at radius 1 is 1.20 bits per heavy atom. The predicted octanol–water partition coefficient (Wildman–Crippen LogP) is 1.88. The minimum atomic E-state index is -1.23. The van der Waals surface area contributed by atoms with Crippen molar-refractivity contribution in [3.8, 4) is 5.75 Å². The van der Waals surface area contributed by atoms with Gasteiger partial charge >= 0.3 is 5.97 Å². The number of pyridine rings is 1. The van der Waals surface area contributed by atoms with Gasteiger partial charge in [-0.25, -0.2) is 14.2 Å². The maximum absolute atomic E-state index is 12.8. The fraction of sp³-hybridized carbons (Fsp3) is 0. The fourth-order valence-electron chi connectivity index (χ4n) is 1.50. The van der Waals surface area contributed by atoms with Crippen molar-refractivity contribution in [2.45, 2.75) is 0 Å². The number of benzene rings is 1. The number of aromatic carboxylic acids is 1. The number of phenolic OH excluding ortho intramolecular Hbond substituents is 1. The molecule has 0 saturated carbocycles. The summed E-state index contributed by atoms with van der Waals surface area (Å²) >= 11 is 0. The SMILES string of the molecule is O=C(O)c1cccc(NC(=O)c2ccc(F)cc2O)n1. The van der Waals surface area contributed by atoms with E-state index in [4.69, 9.17) is 5.11 Å². The normalized spacial score (nSPS) is 10.1. The number of aromatic hydroxyl groups is 1. The van der Waals surface area contributed by atoms with E-state index in [-0.39, 0.29) is 17.1 Å². The average Bonchev–Trinajstić information content (AvgIpc) is 2.38. The van der Waals surface area contributed by atoms with E-state index in [2.05, 4.69) is 10.3 Å². The van der Waals surface area contributed by atoms with Gasteiger partial charge in [0.1, 0.15) is 17.4 Å². The maximum atomic E-state index is 12.8. The van der Waals surface area contributed by atoms with Crippen LogP contribution in [-0.2, 0) is 0 Å². The lowest BCUT2D eigenvalue weighted by Crippen LogP contribution is -2.14. The first-order valence-corrected chi connectivity index (χ1v) is 5.47. The van der Waals surface area contributed by atoms with Crippen molar-refractivity contribution < 1.29 is 24.2 Å². The van der Waals surface area contributed by atoms with E-state index in [1.165, 1.54) is 18.2 Å². The Labute approximate surface area is 112 Å². The lowest BCUT2D eigenvalue weighted by atomic mass is 10.2. The van der Waals surface area contributed by atoms with Crippen LogP contribution in [0.5, 0.6) is 5.75 Å². The summed E-state index contributed by atoms with van der Waals surface area (Å²) in [5, 5.41) is 20.6. The van der Waals surface area contributed by atoms with Crippen LogP contribution in [0.25, 0.3) is 0 Å².